The second kappa shape index (κ2) is 6.71. The minimum absolute atomic E-state index is 0.0737. The minimum atomic E-state index is 0.0737. The first kappa shape index (κ1) is 16.0. The Bertz CT molecular complexity index is 691. The third-order valence-corrected chi connectivity index (χ3v) is 4.58. The van der Waals surface area contributed by atoms with Crippen molar-refractivity contribution in [2.45, 2.75) is 32.7 Å². The van der Waals surface area contributed by atoms with Gasteiger partial charge in [-0.1, -0.05) is 26.0 Å². The average Bonchev–Trinajstić information content (AvgIpc) is 3.10. The Hall–Kier alpha value is -1.88. The van der Waals surface area contributed by atoms with Crippen LogP contribution in [0.1, 0.15) is 32.0 Å². The molecule has 2 aromatic rings. The molecule has 0 saturated carbocycles. The van der Waals surface area contributed by atoms with Crippen molar-refractivity contribution >= 4 is 16.9 Å². The van der Waals surface area contributed by atoms with Crippen molar-refractivity contribution in [3.05, 3.63) is 30.1 Å². The second-order valence-electron chi connectivity index (χ2n) is 6.92. The molecule has 1 amide bonds. The molecule has 1 N–H and O–H groups in total. The first-order chi connectivity index (χ1) is 11.0. The van der Waals surface area contributed by atoms with Gasteiger partial charge in [-0.25, -0.2) is 4.98 Å². The van der Waals surface area contributed by atoms with Crippen LogP contribution < -0.4 is 5.32 Å². The van der Waals surface area contributed by atoms with Gasteiger partial charge in [0.05, 0.1) is 11.0 Å². The molecule has 5 nitrogen and oxygen atoms in total. The lowest BCUT2D eigenvalue weighted by atomic mass is 10.1. The lowest BCUT2D eigenvalue weighted by Crippen LogP contribution is -2.33. The highest BCUT2D eigenvalue weighted by Crippen LogP contribution is 2.21. The van der Waals surface area contributed by atoms with Gasteiger partial charge in [-0.05, 0) is 38.1 Å². The van der Waals surface area contributed by atoms with Crippen molar-refractivity contribution in [2.75, 3.05) is 26.7 Å². The zero-order valence-electron chi connectivity index (χ0n) is 14.2. The van der Waals surface area contributed by atoms with Crippen LogP contribution >= 0.6 is 0 Å². The molecule has 124 valence electrons. The smallest absolute Gasteiger partial charge is 0.240 e. The van der Waals surface area contributed by atoms with E-state index in [1.54, 1.807) is 0 Å². The maximum Gasteiger partial charge on any atom is 0.240 e. The van der Waals surface area contributed by atoms with Crippen LogP contribution in [0.25, 0.3) is 11.0 Å². The molecule has 0 radical (unpaired) electrons. The van der Waals surface area contributed by atoms with E-state index in [0.29, 0.717) is 18.4 Å². The Morgan fingerprint density at radius 3 is 2.87 bits per heavy atom. The Labute approximate surface area is 137 Å². The van der Waals surface area contributed by atoms with Crippen LogP contribution in [0.3, 0.4) is 0 Å². The number of imidazole rings is 1. The maximum absolute atomic E-state index is 12.4. The summed E-state index contributed by atoms with van der Waals surface area (Å²) in [5.41, 5.74) is 1.99. The number of nitrogens with zero attached hydrogens (tertiary/aromatic N) is 3. The number of amides is 1. The van der Waals surface area contributed by atoms with Crippen molar-refractivity contribution in [3.63, 3.8) is 0 Å². The quantitative estimate of drug-likeness (QED) is 0.921. The second-order valence-corrected chi connectivity index (χ2v) is 6.92. The summed E-state index contributed by atoms with van der Waals surface area (Å²) in [6, 6.07) is 8.02. The van der Waals surface area contributed by atoms with E-state index in [1.807, 2.05) is 24.3 Å². The number of hydrogen-bond donors (Lipinski definition) is 1. The number of likely N-dealkylation sites (tertiary alicyclic amines) is 1. The largest absolute Gasteiger partial charge is 0.354 e. The summed E-state index contributed by atoms with van der Waals surface area (Å²) in [5.74, 6) is 1.92. The molecule has 0 spiro atoms. The third-order valence-electron chi connectivity index (χ3n) is 4.58. The number of carbonyl (C=O) groups is 1. The van der Waals surface area contributed by atoms with Gasteiger partial charge in [0.25, 0.3) is 0 Å². The number of hydrogen-bond acceptors (Lipinski definition) is 3. The van der Waals surface area contributed by atoms with Crippen LogP contribution in [0.2, 0.25) is 0 Å². The standard InChI is InChI=1S/C18H26N4O/c1-13(2)18-20-15-6-4-5-7-16(15)22(18)12-17(23)19-10-14-8-9-21(3)11-14/h4-7,13-14H,8-12H2,1-3H3,(H,19,23)/t14-/m1/s1. The van der Waals surface area contributed by atoms with E-state index in [2.05, 4.69) is 40.7 Å². The molecule has 1 aliphatic rings. The molecule has 0 aliphatic carbocycles. The van der Waals surface area contributed by atoms with E-state index in [9.17, 15) is 4.79 Å². The van der Waals surface area contributed by atoms with Gasteiger partial charge < -0.3 is 14.8 Å². The van der Waals surface area contributed by atoms with Crippen LogP contribution in [0.5, 0.6) is 0 Å². The van der Waals surface area contributed by atoms with Crippen LogP contribution in [0.4, 0.5) is 0 Å². The summed E-state index contributed by atoms with van der Waals surface area (Å²) in [6.07, 6.45) is 1.17. The molecular weight excluding hydrogens is 288 g/mol. The lowest BCUT2D eigenvalue weighted by Gasteiger charge is -2.14. The molecule has 1 fully saturated rings. The van der Waals surface area contributed by atoms with Crippen molar-refractivity contribution < 1.29 is 4.79 Å². The van der Waals surface area contributed by atoms with E-state index in [4.69, 9.17) is 0 Å². The summed E-state index contributed by atoms with van der Waals surface area (Å²) in [4.78, 5) is 19.4. The summed E-state index contributed by atoms with van der Waals surface area (Å²) in [7, 11) is 2.13. The molecule has 2 heterocycles. The first-order valence-corrected chi connectivity index (χ1v) is 8.45. The van der Waals surface area contributed by atoms with Gasteiger partial charge in [-0.3, -0.25) is 4.79 Å². The average molecular weight is 314 g/mol. The number of carbonyl (C=O) groups excluding carboxylic acids is 1. The van der Waals surface area contributed by atoms with Gasteiger partial charge in [-0.15, -0.1) is 0 Å². The predicted molar refractivity (Wildman–Crippen MR) is 92.4 cm³/mol. The Kier molecular flexibility index (Phi) is 4.66. The first-order valence-electron chi connectivity index (χ1n) is 8.45. The monoisotopic (exact) mass is 314 g/mol. The number of para-hydroxylation sites is 2. The zero-order valence-corrected chi connectivity index (χ0v) is 14.2. The van der Waals surface area contributed by atoms with Gasteiger partial charge in [-0.2, -0.15) is 0 Å². The predicted octanol–water partition coefficient (Wildman–Crippen LogP) is 2.23. The number of fused-ring (bicyclic) bond motifs is 1. The number of nitrogens with one attached hydrogen (secondary N) is 1. The van der Waals surface area contributed by atoms with Crippen LogP contribution in [0, 0.1) is 5.92 Å². The van der Waals surface area contributed by atoms with Crippen molar-refractivity contribution in [1.82, 2.24) is 19.8 Å². The van der Waals surface area contributed by atoms with Gasteiger partial charge in [0.2, 0.25) is 5.91 Å². The summed E-state index contributed by atoms with van der Waals surface area (Å²) < 4.78 is 2.05. The fourth-order valence-electron chi connectivity index (χ4n) is 3.35. The fourth-order valence-corrected chi connectivity index (χ4v) is 3.35. The van der Waals surface area contributed by atoms with Gasteiger partial charge in [0.1, 0.15) is 12.4 Å². The molecule has 1 atom stereocenters. The van der Waals surface area contributed by atoms with E-state index in [0.717, 1.165) is 36.5 Å². The molecular formula is C18H26N4O. The maximum atomic E-state index is 12.4. The summed E-state index contributed by atoms with van der Waals surface area (Å²) >= 11 is 0. The van der Waals surface area contributed by atoms with E-state index in [-0.39, 0.29) is 5.91 Å². The zero-order chi connectivity index (χ0) is 16.4. The molecule has 0 bridgehead atoms. The highest BCUT2D eigenvalue weighted by Gasteiger charge is 2.20. The van der Waals surface area contributed by atoms with Gasteiger partial charge >= 0.3 is 0 Å². The summed E-state index contributed by atoms with van der Waals surface area (Å²) in [5, 5.41) is 3.10. The van der Waals surface area contributed by atoms with E-state index in [1.165, 1.54) is 6.42 Å². The highest BCUT2D eigenvalue weighted by atomic mass is 16.1. The highest BCUT2D eigenvalue weighted by molar-refractivity contribution is 5.81. The van der Waals surface area contributed by atoms with Crippen LogP contribution in [0.15, 0.2) is 24.3 Å². The molecule has 3 rings (SSSR count). The molecule has 0 unspecified atom stereocenters. The number of aromatic nitrogens is 2. The third kappa shape index (κ3) is 3.55. The van der Waals surface area contributed by atoms with Crippen LogP contribution in [-0.4, -0.2) is 47.0 Å². The Balaban J connectivity index is 1.70. The van der Waals surface area contributed by atoms with Crippen molar-refractivity contribution in [3.8, 4) is 0 Å². The Morgan fingerprint density at radius 1 is 1.39 bits per heavy atom. The topological polar surface area (TPSA) is 50.2 Å². The Morgan fingerprint density at radius 2 is 2.17 bits per heavy atom. The lowest BCUT2D eigenvalue weighted by molar-refractivity contribution is -0.121. The molecule has 1 aromatic carbocycles. The summed E-state index contributed by atoms with van der Waals surface area (Å²) in [6.45, 7) is 7.55. The number of benzene rings is 1. The fraction of sp³-hybridized carbons (Fsp3) is 0.556. The van der Waals surface area contributed by atoms with Gasteiger partial charge in [0, 0.05) is 19.0 Å². The minimum Gasteiger partial charge on any atom is -0.354 e. The molecule has 1 aromatic heterocycles. The molecule has 23 heavy (non-hydrogen) atoms. The normalized spacial score (nSPS) is 18.9. The van der Waals surface area contributed by atoms with Crippen molar-refractivity contribution in [1.29, 1.82) is 0 Å². The van der Waals surface area contributed by atoms with E-state index >= 15 is 0 Å². The molecule has 5 heteroatoms. The van der Waals surface area contributed by atoms with E-state index < -0.39 is 0 Å². The SMILES string of the molecule is CC(C)c1nc2ccccc2n1CC(=O)NC[C@H]1CCN(C)C1. The number of rotatable bonds is 5. The molecule has 1 saturated heterocycles. The molecule has 1 aliphatic heterocycles. The van der Waals surface area contributed by atoms with Crippen molar-refractivity contribution in [2.24, 2.45) is 5.92 Å². The van der Waals surface area contributed by atoms with Crippen LogP contribution in [-0.2, 0) is 11.3 Å². The van der Waals surface area contributed by atoms with Gasteiger partial charge in [0.15, 0.2) is 0 Å².